The largest absolute Gasteiger partial charge is 0.396 e. The summed E-state index contributed by atoms with van der Waals surface area (Å²) in [6, 6.07) is 7.86. The fourth-order valence-electron chi connectivity index (χ4n) is 1.39. The van der Waals surface area contributed by atoms with Gasteiger partial charge in [0.25, 0.3) is 0 Å². The average Bonchev–Trinajstić information content (AvgIpc) is 2.18. The number of aliphatic hydroxyl groups excluding tert-OH is 1. The maximum Gasteiger partial charge on any atom is 0.0485 e. The lowest BCUT2D eigenvalue weighted by Gasteiger charge is -2.22. The van der Waals surface area contributed by atoms with E-state index in [0.29, 0.717) is 0 Å². The van der Waals surface area contributed by atoms with Crippen LogP contribution in [0.15, 0.2) is 24.3 Å². The Morgan fingerprint density at radius 2 is 2.00 bits per heavy atom. The molecule has 0 radical (unpaired) electrons. The molecule has 1 nitrogen and oxygen atoms in total. The Hall–Kier alpha value is -1.26. The lowest BCUT2D eigenvalue weighted by molar-refractivity contribution is 0.159. The summed E-state index contributed by atoms with van der Waals surface area (Å²) < 4.78 is 0. The van der Waals surface area contributed by atoms with E-state index in [2.05, 4.69) is 5.92 Å². The van der Waals surface area contributed by atoms with E-state index < -0.39 is 0 Å². The lowest BCUT2D eigenvalue weighted by atomic mass is 9.85. The SMILES string of the molecule is C#Cc1ccccc1CC(C)(C)CO. The van der Waals surface area contributed by atoms with Gasteiger partial charge in [0.05, 0.1) is 0 Å². The summed E-state index contributed by atoms with van der Waals surface area (Å²) in [5.41, 5.74) is 1.95. The third kappa shape index (κ3) is 2.61. The molecule has 1 aromatic rings. The van der Waals surface area contributed by atoms with Gasteiger partial charge in [-0.05, 0) is 23.5 Å². The molecule has 0 aromatic heterocycles. The van der Waals surface area contributed by atoms with Gasteiger partial charge in [0.15, 0.2) is 0 Å². The van der Waals surface area contributed by atoms with Gasteiger partial charge in [-0.2, -0.15) is 0 Å². The summed E-state index contributed by atoms with van der Waals surface area (Å²) in [4.78, 5) is 0. The molecule has 0 atom stereocenters. The van der Waals surface area contributed by atoms with Crippen LogP contribution < -0.4 is 0 Å². The van der Waals surface area contributed by atoms with Crippen LogP contribution in [0.5, 0.6) is 0 Å². The summed E-state index contributed by atoms with van der Waals surface area (Å²) in [5, 5.41) is 9.17. The van der Waals surface area contributed by atoms with E-state index in [1.165, 1.54) is 0 Å². The first kappa shape index (κ1) is 10.8. The van der Waals surface area contributed by atoms with Gasteiger partial charge < -0.3 is 5.11 Å². The predicted molar refractivity (Wildman–Crippen MR) is 58.9 cm³/mol. The smallest absolute Gasteiger partial charge is 0.0485 e. The normalized spacial score (nSPS) is 11.0. The third-order valence-corrected chi connectivity index (χ3v) is 2.27. The van der Waals surface area contributed by atoms with Crippen molar-refractivity contribution in [1.82, 2.24) is 0 Å². The van der Waals surface area contributed by atoms with E-state index >= 15 is 0 Å². The Morgan fingerprint density at radius 1 is 1.36 bits per heavy atom. The van der Waals surface area contributed by atoms with Gasteiger partial charge in [-0.3, -0.25) is 0 Å². The molecule has 1 rings (SSSR count). The first-order chi connectivity index (χ1) is 6.59. The van der Waals surface area contributed by atoms with Crippen molar-refractivity contribution in [1.29, 1.82) is 0 Å². The Labute approximate surface area is 85.8 Å². The molecule has 0 saturated heterocycles. The second-order valence-electron chi connectivity index (χ2n) is 4.30. The van der Waals surface area contributed by atoms with Gasteiger partial charge in [-0.15, -0.1) is 6.42 Å². The molecule has 14 heavy (non-hydrogen) atoms. The zero-order chi connectivity index (χ0) is 10.6. The molecule has 0 spiro atoms. The minimum absolute atomic E-state index is 0.104. The maximum atomic E-state index is 9.17. The second-order valence-corrected chi connectivity index (χ2v) is 4.30. The number of hydrogen-bond acceptors (Lipinski definition) is 1. The quantitative estimate of drug-likeness (QED) is 0.721. The van der Waals surface area contributed by atoms with Crippen LogP contribution in [0.3, 0.4) is 0 Å². The Bertz CT molecular complexity index is 344. The predicted octanol–water partition coefficient (Wildman–Crippen LogP) is 2.23. The van der Waals surface area contributed by atoms with Crippen molar-refractivity contribution in [3.8, 4) is 12.3 Å². The molecule has 74 valence electrons. The van der Waals surface area contributed by atoms with Crippen molar-refractivity contribution in [2.45, 2.75) is 20.3 Å². The molecular formula is C13H16O. The standard InChI is InChI=1S/C13H16O/c1-4-11-7-5-6-8-12(11)9-13(2,3)10-14/h1,5-8,14H,9-10H2,2-3H3. The third-order valence-electron chi connectivity index (χ3n) is 2.27. The van der Waals surface area contributed by atoms with E-state index in [9.17, 15) is 0 Å². The van der Waals surface area contributed by atoms with Crippen LogP contribution in [0.1, 0.15) is 25.0 Å². The molecular weight excluding hydrogens is 172 g/mol. The zero-order valence-electron chi connectivity index (χ0n) is 8.75. The lowest BCUT2D eigenvalue weighted by Crippen LogP contribution is -2.20. The van der Waals surface area contributed by atoms with Gasteiger partial charge in [-0.25, -0.2) is 0 Å². The maximum absolute atomic E-state index is 9.17. The van der Waals surface area contributed by atoms with Gasteiger partial charge in [-0.1, -0.05) is 38.0 Å². The zero-order valence-corrected chi connectivity index (χ0v) is 8.75. The molecule has 0 aliphatic heterocycles. The van der Waals surface area contributed by atoms with Gasteiger partial charge in [0.2, 0.25) is 0 Å². The summed E-state index contributed by atoms with van der Waals surface area (Å²) in [6.07, 6.45) is 6.21. The Morgan fingerprint density at radius 3 is 2.57 bits per heavy atom. The molecule has 1 N–H and O–H groups in total. The van der Waals surface area contributed by atoms with Crippen molar-refractivity contribution < 1.29 is 5.11 Å². The number of hydrogen-bond donors (Lipinski definition) is 1. The van der Waals surface area contributed by atoms with Crippen LogP contribution in [0, 0.1) is 17.8 Å². The van der Waals surface area contributed by atoms with Gasteiger partial charge >= 0.3 is 0 Å². The minimum atomic E-state index is -0.104. The molecule has 0 saturated carbocycles. The summed E-state index contributed by atoms with van der Waals surface area (Å²) >= 11 is 0. The van der Waals surface area contributed by atoms with Crippen LogP contribution in [0.25, 0.3) is 0 Å². The first-order valence-electron chi connectivity index (χ1n) is 4.74. The number of aliphatic hydroxyl groups is 1. The fourth-order valence-corrected chi connectivity index (χ4v) is 1.39. The highest BCUT2D eigenvalue weighted by Gasteiger charge is 2.18. The van der Waals surface area contributed by atoms with Crippen LogP contribution in [0.4, 0.5) is 0 Å². The van der Waals surface area contributed by atoms with Gasteiger partial charge in [0.1, 0.15) is 0 Å². The summed E-state index contributed by atoms with van der Waals surface area (Å²) in [5.74, 6) is 2.66. The monoisotopic (exact) mass is 188 g/mol. The van der Waals surface area contributed by atoms with E-state index in [1.54, 1.807) is 0 Å². The van der Waals surface area contributed by atoms with Crippen molar-refractivity contribution in [2.24, 2.45) is 5.41 Å². The van der Waals surface area contributed by atoms with Crippen LogP contribution >= 0.6 is 0 Å². The highest BCUT2D eigenvalue weighted by molar-refractivity contribution is 5.40. The fraction of sp³-hybridized carbons (Fsp3) is 0.385. The summed E-state index contributed by atoms with van der Waals surface area (Å²) in [6.45, 7) is 4.23. The minimum Gasteiger partial charge on any atom is -0.396 e. The molecule has 0 heterocycles. The molecule has 0 aliphatic carbocycles. The summed E-state index contributed by atoms with van der Waals surface area (Å²) in [7, 11) is 0. The molecule has 1 aromatic carbocycles. The van der Waals surface area contributed by atoms with E-state index in [4.69, 9.17) is 11.5 Å². The topological polar surface area (TPSA) is 20.2 Å². The number of benzene rings is 1. The van der Waals surface area contributed by atoms with E-state index in [0.717, 1.165) is 17.5 Å². The molecule has 0 amide bonds. The second kappa shape index (κ2) is 4.30. The van der Waals surface area contributed by atoms with Crippen LogP contribution in [-0.4, -0.2) is 11.7 Å². The van der Waals surface area contributed by atoms with Crippen molar-refractivity contribution in [2.75, 3.05) is 6.61 Å². The Balaban J connectivity index is 2.92. The first-order valence-corrected chi connectivity index (χ1v) is 4.74. The van der Waals surface area contributed by atoms with Crippen molar-refractivity contribution >= 4 is 0 Å². The molecule has 0 aliphatic rings. The van der Waals surface area contributed by atoms with E-state index in [-0.39, 0.29) is 12.0 Å². The molecule has 0 bridgehead atoms. The van der Waals surface area contributed by atoms with E-state index in [1.807, 2.05) is 38.1 Å². The molecule has 0 fully saturated rings. The van der Waals surface area contributed by atoms with Crippen molar-refractivity contribution in [3.63, 3.8) is 0 Å². The molecule has 1 heteroatoms. The average molecular weight is 188 g/mol. The molecule has 0 unspecified atom stereocenters. The highest BCUT2D eigenvalue weighted by Crippen LogP contribution is 2.22. The van der Waals surface area contributed by atoms with Crippen LogP contribution in [-0.2, 0) is 6.42 Å². The highest BCUT2D eigenvalue weighted by atomic mass is 16.3. The number of terminal acetylenes is 1. The van der Waals surface area contributed by atoms with Crippen LogP contribution in [0.2, 0.25) is 0 Å². The number of rotatable bonds is 3. The van der Waals surface area contributed by atoms with Gasteiger partial charge in [0, 0.05) is 12.2 Å². The Kier molecular flexibility index (Phi) is 3.33. The van der Waals surface area contributed by atoms with Crippen molar-refractivity contribution in [3.05, 3.63) is 35.4 Å².